The van der Waals surface area contributed by atoms with Crippen LogP contribution < -0.4 is 4.90 Å². The lowest BCUT2D eigenvalue weighted by Crippen LogP contribution is -2.11. The third-order valence-electron chi connectivity index (χ3n) is 10.1. The van der Waals surface area contributed by atoms with Gasteiger partial charge in [-0.15, -0.1) is 11.3 Å². The summed E-state index contributed by atoms with van der Waals surface area (Å²) in [6.07, 6.45) is 0. The first-order valence-electron chi connectivity index (χ1n) is 16.9. The van der Waals surface area contributed by atoms with Crippen LogP contribution in [0.4, 0.5) is 17.1 Å². The molecule has 0 bridgehead atoms. The van der Waals surface area contributed by atoms with Gasteiger partial charge in [0, 0.05) is 52.8 Å². The van der Waals surface area contributed by atoms with Crippen LogP contribution in [0, 0.1) is 0 Å². The maximum absolute atomic E-state index is 6.36. The van der Waals surface area contributed by atoms with Gasteiger partial charge in [0.1, 0.15) is 11.2 Å². The van der Waals surface area contributed by atoms with Crippen LogP contribution in [0.15, 0.2) is 174 Å². The quantitative estimate of drug-likeness (QED) is 0.188. The summed E-state index contributed by atoms with van der Waals surface area (Å²) in [5.41, 5.74) is 8.74. The van der Waals surface area contributed by atoms with Crippen LogP contribution in [0.2, 0.25) is 0 Å². The molecule has 0 aliphatic rings. The van der Waals surface area contributed by atoms with Crippen LogP contribution in [-0.2, 0) is 0 Å². The van der Waals surface area contributed by atoms with Crippen LogP contribution in [0.25, 0.3) is 80.4 Å². The molecule has 0 saturated carbocycles. The molecule has 3 nitrogen and oxygen atoms in total. The molecule has 0 fully saturated rings. The molecule has 0 atom stereocenters. The highest BCUT2D eigenvalue weighted by Gasteiger charge is 2.25. The van der Waals surface area contributed by atoms with Crippen molar-refractivity contribution in [3.8, 4) is 5.69 Å². The van der Waals surface area contributed by atoms with E-state index in [9.17, 15) is 0 Å². The smallest absolute Gasteiger partial charge is 0.136 e. The number of hydrogen-bond donors (Lipinski definition) is 0. The molecule has 0 saturated heterocycles. The summed E-state index contributed by atoms with van der Waals surface area (Å²) in [6.45, 7) is 0. The molecule has 234 valence electrons. The van der Waals surface area contributed by atoms with Gasteiger partial charge in [-0.05, 0) is 78.2 Å². The van der Waals surface area contributed by atoms with Gasteiger partial charge in [-0.25, -0.2) is 0 Å². The summed E-state index contributed by atoms with van der Waals surface area (Å²) in [5, 5.41) is 9.54. The van der Waals surface area contributed by atoms with E-state index in [1.165, 1.54) is 47.4 Å². The molecule has 0 aliphatic heterocycles. The van der Waals surface area contributed by atoms with Crippen molar-refractivity contribution in [1.82, 2.24) is 4.57 Å². The van der Waals surface area contributed by atoms with E-state index < -0.39 is 0 Å². The molecule has 50 heavy (non-hydrogen) atoms. The molecule has 11 rings (SSSR count). The Labute approximate surface area is 291 Å². The summed E-state index contributed by atoms with van der Waals surface area (Å²) >= 11 is 1.86. The average molecular weight is 657 g/mol. The van der Waals surface area contributed by atoms with Gasteiger partial charge >= 0.3 is 0 Å². The molecule has 0 unspecified atom stereocenters. The Morgan fingerprint density at radius 2 is 1.08 bits per heavy atom. The summed E-state index contributed by atoms with van der Waals surface area (Å²) < 4.78 is 11.3. The first-order chi connectivity index (χ1) is 24.8. The standard InChI is InChI=1S/C46H28N2OS/c1-2-14-30(15-3-1)47-36-19-7-4-17-32(36)45-38(47)21-11-22-39(45)48(40-23-12-26-44-46(40)33-18-6-9-25-43(33)50-44)37-20-10-13-29-27-42-35(28-34(29)37)31-16-5-8-24-41(31)49-42/h1-28H. The molecule has 0 amide bonds. The second kappa shape index (κ2) is 10.6. The Hall–Kier alpha value is -6.36. The van der Waals surface area contributed by atoms with E-state index >= 15 is 0 Å². The molecular weight excluding hydrogens is 629 g/mol. The van der Waals surface area contributed by atoms with Gasteiger partial charge in [0.05, 0.1) is 28.1 Å². The van der Waals surface area contributed by atoms with Gasteiger partial charge in [0.2, 0.25) is 0 Å². The summed E-state index contributed by atoms with van der Waals surface area (Å²) in [6, 6.07) is 61.4. The summed E-state index contributed by atoms with van der Waals surface area (Å²) in [7, 11) is 0. The minimum Gasteiger partial charge on any atom is -0.456 e. The number of aromatic nitrogens is 1. The SMILES string of the molecule is c1ccc(-n2c3ccccc3c3c(N(c4cccc5cc6oc7ccccc7c6cc45)c4cccc5sc6ccccc6c45)cccc32)cc1. The van der Waals surface area contributed by atoms with Gasteiger partial charge in [0.15, 0.2) is 0 Å². The number of rotatable bonds is 4. The van der Waals surface area contributed by atoms with E-state index in [1.54, 1.807) is 0 Å². The second-order valence-corrected chi connectivity index (χ2v) is 14.0. The zero-order chi connectivity index (χ0) is 32.8. The van der Waals surface area contributed by atoms with E-state index in [4.69, 9.17) is 4.42 Å². The van der Waals surface area contributed by atoms with Gasteiger partial charge in [-0.2, -0.15) is 0 Å². The largest absolute Gasteiger partial charge is 0.456 e. The monoisotopic (exact) mass is 656 g/mol. The van der Waals surface area contributed by atoms with E-state index in [-0.39, 0.29) is 0 Å². The molecule has 11 aromatic rings. The molecule has 8 aromatic carbocycles. The van der Waals surface area contributed by atoms with Crippen molar-refractivity contribution < 1.29 is 4.42 Å². The van der Waals surface area contributed by atoms with E-state index in [0.717, 1.165) is 50.1 Å². The maximum atomic E-state index is 6.36. The van der Waals surface area contributed by atoms with Crippen molar-refractivity contribution >= 4 is 103 Å². The molecule has 0 spiro atoms. The fraction of sp³-hybridized carbons (Fsp3) is 0. The Bertz CT molecular complexity index is 3110. The zero-order valence-electron chi connectivity index (χ0n) is 26.9. The number of nitrogens with zero attached hydrogens (tertiary/aromatic N) is 2. The van der Waals surface area contributed by atoms with Crippen molar-refractivity contribution in [3.63, 3.8) is 0 Å². The molecule has 3 aromatic heterocycles. The minimum absolute atomic E-state index is 0.904. The highest BCUT2D eigenvalue weighted by atomic mass is 32.1. The van der Waals surface area contributed by atoms with E-state index in [2.05, 4.69) is 173 Å². The van der Waals surface area contributed by atoms with Crippen LogP contribution in [0.1, 0.15) is 0 Å². The highest BCUT2D eigenvalue weighted by molar-refractivity contribution is 7.26. The molecule has 4 heteroatoms. The Balaban J connectivity index is 1.30. The van der Waals surface area contributed by atoms with E-state index in [0.29, 0.717) is 0 Å². The van der Waals surface area contributed by atoms with Crippen LogP contribution in [-0.4, -0.2) is 4.57 Å². The number of benzene rings is 8. The fourth-order valence-corrected chi connectivity index (χ4v) is 9.17. The lowest BCUT2D eigenvalue weighted by molar-refractivity contribution is 0.669. The van der Waals surface area contributed by atoms with Crippen LogP contribution in [0.5, 0.6) is 0 Å². The van der Waals surface area contributed by atoms with Crippen molar-refractivity contribution in [2.75, 3.05) is 4.90 Å². The zero-order valence-corrected chi connectivity index (χ0v) is 27.7. The van der Waals surface area contributed by atoms with Gasteiger partial charge in [-0.1, -0.05) is 97.1 Å². The Morgan fingerprint density at radius 3 is 1.98 bits per heavy atom. The van der Waals surface area contributed by atoms with Crippen molar-refractivity contribution in [1.29, 1.82) is 0 Å². The fourth-order valence-electron chi connectivity index (χ4n) is 8.05. The van der Waals surface area contributed by atoms with E-state index in [1.807, 2.05) is 17.4 Å². The number of para-hydroxylation sites is 3. The van der Waals surface area contributed by atoms with Crippen LogP contribution in [0.3, 0.4) is 0 Å². The molecule has 0 N–H and O–H groups in total. The Kier molecular flexibility index (Phi) is 5.83. The second-order valence-electron chi connectivity index (χ2n) is 12.9. The minimum atomic E-state index is 0.904. The Morgan fingerprint density at radius 1 is 0.420 bits per heavy atom. The maximum Gasteiger partial charge on any atom is 0.136 e. The number of furan rings is 1. The normalized spacial score (nSPS) is 12.0. The molecular formula is C46H28N2OS. The van der Waals surface area contributed by atoms with Gasteiger partial charge < -0.3 is 13.9 Å². The van der Waals surface area contributed by atoms with Crippen molar-refractivity contribution in [2.24, 2.45) is 0 Å². The molecule has 3 heterocycles. The van der Waals surface area contributed by atoms with Crippen LogP contribution >= 0.6 is 11.3 Å². The number of thiophene rings is 1. The number of anilines is 3. The number of hydrogen-bond acceptors (Lipinski definition) is 3. The third kappa shape index (κ3) is 3.91. The van der Waals surface area contributed by atoms with Crippen molar-refractivity contribution in [3.05, 3.63) is 170 Å². The third-order valence-corrected chi connectivity index (χ3v) is 11.3. The average Bonchev–Trinajstić information content (AvgIpc) is 3.84. The lowest BCUT2D eigenvalue weighted by atomic mass is 10.0. The van der Waals surface area contributed by atoms with Gasteiger partial charge in [0.25, 0.3) is 0 Å². The predicted molar refractivity (Wildman–Crippen MR) is 213 cm³/mol. The van der Waals surface area contributed by atoms with Crippen molar-refractivity contribution in [2.45, 2.75) is 0 Å². The first kappa shape index (κ1) is 27.6. The molecule has 0 aliphatic carbocycles. The highest BCUT2D eigenvalue weighted by Crippen LogP contribution is 2.50. The van der Waals surface area contributed by atoms with Gasteiger partial charge in [-0.3, -0.25) is 0 Å². The summed E-state index contributed by atoms with van der Waals surface area (Å²) in [4.78, 5) is 2.52. The molecule has 0 radical (unpaired) electrons. The number of fused-ring (bicyclic) bond motifs is 10. The first-order valence-corrected chi connectivity index (χ1v) is 17.8. The summed E-state index contributed by atoms with van der Waals surface area (Å²) in [5.74, 6) is 0. The lowest BCUT2D eigenvalue weighted by Gasteiger charge is -2.28. The predicted octanol–water partition coefficient (Wildman–Crippen LogP) is 13.7. The topological polar surface area (TPSA) is 21.3 Å².